The second kappa shape index (κ2) is 7.50. The van der Waals surface area contributed by atoms with Gasteiger partial charge in [-0.25, -0.2) is 5.43 Å². The quantitative estimate of drug-likeness (QED) is 0.483. The number of carbonyl (C=O) groups excluding carboxylic acids is 1. The van der Waals surface area contributed by atoms with Gasteiger partial charge in [-0.05, 0) is 31.5 Å². The molecule has 0 unspecified atom stereocenters. The number of hydrazone groups is 1. The number of nitrogens with zero attached hydrogens (tertiary/aromatic N) is 2. The number of thiophene rings is 1. The van der Waals surface area contributed by atoms with Crippen molar-refractivity contribution in [1.29, 1.82) is 0 Å². The molecule has 1 aromatic heterocycles. The summed E-state index contributed by atoms with van der Waals surface area (Å²) in [6.45, 7) is 4.06. The summed E-state index contributed by atoms with van der Waals surface area (Å²) in [5.41, 5.74) is 5.49. The standard InChI is InChI=1S/C15H16N4O3S/c1-10-3-5-13(11(2)7-10)16-9-14(20)18-17-8-12-4-6-15(23-12)19(21)22/h3-8,16H,9H2,1-2H3,(H,18,20). The molecule has 1 aromatic carbocycles. The van der Waals surface area contributed by atoms with Crippen LogP contribution in [0.2, 0.25) is 0 Å². The van der Waals surface area contributed by atoms with Crippen LogP contribution in [0.15, 0.2) is 35.4 Å². The van der Waals surface area contributed by atoms with Crippen LogP contribution >= 0.6 is 11.3 Å². The third-order valence-corrected chi connectivity index (χ3v) is 3.97. The molecule has 0 aliphatic heterocycles. The summed E-state index contributed by atoms with van der Waals surface area (Å²) in [6, 6.07) is 8.89. The van der Waals surface area contributed by atoms with E-state index in [0.717, 1.165) is 28.2 Å². The molecule has 2 aromatic rings. The maximum Gasteiger partial charge on any atom is 0.324 e. The molecule has 0 aliphatic carbocycles. The highest BCUT2D eigenvalue weighted by Crippen LogP contribution is 2.22. The van der Waals surface area contributed by atoms with Crippen LogP contribution in [0.5, 0.6) is 0 Å². The van der Waals surface area contributed by atoms with Gasteiger partial charge in [0.25, 0.3) is 5.91 Å². The molecule has 23 heavy (non-hydrogen) atoms. The van der Waals surface area contributed by atoms with Crippen molar-refractivity contribution in [2.75, 3.05) is 11.9 Å². The average molecular weight is 332 g/mol. The molecular weight excluding hydrogens is 316 g/mol. The van der Waals surface area contributed by atoms with Crippen molar-refractivity contribution in [2.45, 2.75) is 13.8 Å². The summed E-state index contributed by atoms with van der Waals surface area (Å²) in [5.74, 6) is -0.299. The van der Waals surface area contributed by atoms with E-state index in [2.05, 4.69) is 15.8 Å². The van der Waals surface area contributed by atoms with Crippen LogP contribution in [0.3, 0.4) is 0 Å². The Kier molecular flexibility index (Phi) is 5.42. The van der Waals surface area contributed by atoms with Gasteiger partial charge in [0.1, 0.15) is 0 Å². The molecule has 2 N–H and O–H groups in total. The SMILES string of the molecule is Cc1ccc(NCC(=O)NN=Cc2ccc([N+](=O)[O-])s2)c(C)c1. The summed E-state index contributed by atoms with van der Waals surface area (Å²) >= 11 is 0.991. The molecule has 0 radical (unpaired) electrons. The van der Waals surface area contributed by atoms with E-state index in [0.29, 0.717) is 4.88 Å². The first-order chi connectivity index (χ1) is 11.0. The molecule has 0 saturated carbocycles. The Morgan fingerprint density at radius 3 is 2.78 bits per heavy atom. The monoisotopic (exact) mass is 332 g/mol. The number of hydrogen-bond acceptors (Lipinski definition) is 6. The number of hydrogen-bond donors (Lipinski definition) is 2. The molecular formula is C15H16N4O3S. The van der Waals surface area contributed by atoms with Crippen molar-refractivity contribution in [1.82, 2.24) is 5.43 Å². The number of nitrogens with one attached hydrogen (secondary N) is 2. The number of nitro groups is 1. The number of benzene rings is 1. The Labute approximate surface area is 137 Å². The largest absolute Gasteiger partial charge is 0.376 e. The maximum absolute atomic E-state index is 11.7. The topological polar surface area (TPSA) is 96.6 Å². The average Bonchev–Trinajstić information content (AvgIpc) is 2.95. The third kappa shape index (κ3) is 4.89. The van der Waals surface area contributed by atoms with E-state index < -0.39 is 4.92 Å². The summed E-state index contributed by atoms with van der Waals surface area (Å²) < 4.78 is 0. The first-order valence-corrected chi connectivity index (χ1v) is 7.64. The normalized spacial score (nSPS) is 10.7. The molecule has 1 heterocycles. The van der Waals surface area contributed by atoms with Crippen LogP contribution in [0.25, 0.3) is 0 Å². The van der Waals surface area contributed by atoms with Gasteiger partial charge < -0.3 is 5.32 Å². The molecule has 0 spiro atoms. The molecule has 0 bridgehead atoms. The molecule has 0 fully saturated rings. The molecule has 2 rings (SSSR count). The minimum atomic E-state index is -0.464. The zero-order chi connectivity index (χ0) is 16.8. The van der Waals surface area contributed by atoms with Crippen LogP contribution in [0, 0.1) is 24.0 Å². The Morgan fingerprint density at radius 2 is 2.13 bits per heavy atom. The zero-order valence-electron chi connectivity index (χ0n) is 12.7. The second-order valence-corrected chi connectivity index (χ2v) is 5.99. The third-order valence-electron chi connectivity index (χ3n) is 2.99. The van der Waals surface area contributed by atoms with E-state index in [1.54, 1.807) is 6.07 Å². The van der Waals surface area contributed by atoms with E-state index >= 15 is 0 Å². The first-order valence-electron chi connectivity index (χ1n) is 6.83. The fourth-order valence-electron chi connectivity index (χ4n) is 1.90. The first kappa shape index (κ1) is 16.6. The van der Waals surface area contributed by atoms with Gasteiger partial charge in [-0.1, -0.05) is 29.0 Å². The van der Waals surface area contributed by atoms with Crippen molar-refractivity contribution in [3.63, 3.8) is 0 Å². The minimum Gasteiger partial charge on any atom is -0.376 e. The van der Waals surface area contributed by atoms with Crippen LogP contribution in [0.1, 0.15) is 16.0 Å². The zero-order valence-corrected chi connectivity index (χ0v) is 13.5. The lowest BCUT2D eigenvalue weighted by Gasteiger charge is -2.09. The molecule has 0 aliphatic rings. The summed E-state index contributed by atoms with van der Waals surface area (Å²) in [5, 5.41) is 17.4. The molecule has 0 atom stereocenters. The Bertz CT molecular complexity index is 755. The minimum absolute atomic E-state index is 0.0364. The van der Waals surface area contributed by atoms with Gasteiger partial charge in [0.15, 0.2) is 0 Å². The number of carbonyl (C=O) groups is 1. The maximum atomic E-state index is 11.7. The van der Waals surface area contributed by atoms with Crippen LogP contribution in [-0.2, 0) is 4.79 Å². The van der Waals surface area contributed by atoms with Crippen molar-refractivity contribution in [3.8, 4) is 0 Å². The van der Waals surface area contributed by atoms with Crippen molar-refractivity contribution in [3.05, 3.63) is 56.5 Å². The molecule has 8 heteroatoms. The highest BCUT2D eigenvalue weighted by Gasteiger charge is 2.08. The van der Waals surface area contributed by atoms with Gasteiger partial charge in [-0.15, -0.1) is 0 Å². The predicted octanol–water partition coefficient (Wildman–Crippen LogP) is 2.84. The van der Waals surface area contributed by atoms with Gasteiger partial charge in [-0.3, -0.25) is 14.9 Å². The number of anilines is 1. The molecule has 7 nitrogen and oxygen atoms in total. The van der Waals surface area contributed by atoms with E-state index in [-0.39, 0.29) is 17.5 Å². The van der Waals surface area contributed by atoms with E-state index in [1.165, 1.54) is 12.3 Å². The number of rotatable bonds is 6. The summed E-state index contributed by atoms with van der Waals surface area (Å²) in [6.07, 6.45) is 1.38. The van der Waals surface area contributed by atoms with E-state index in [9.17, 15) is 14.9 Å². The number of aryl methyl sites for hydroxylation is 2. The van der Waals surface area contributed by atoms with Crippen molar-refractivity contribution < 1.29 is 9.72 Å². The molecule has 0 saturated heterocycles. The molecule has 120 valence electrons. The van der Waals surface area contributed by atoms with Gasteiger partial charge >= 0.3 is 5.00 Å². The van der Waals surface area contributed by atoms with E-state index in [1.807, 2.05) is 32.0 Å². The van der Waals surface area contributed by atoms with Gasteiger partial charge in [0, 0.05) is 11.8 Å². The highest BCUT2D eigenvalue weighted by molar-refractivity contribution is 7.16. The lowest BCUT2D eigenvalue weighted by atomic mass is 10.1. The highest BCUT2D eigenvalue weighted by atomic mass is 32.1. The fourth-order valence-corrected chi connectivity index (χ4v) is 2.60. The Morgan fingerprint density at radius 1 is 1.35 bits per heavy atom. The fraction of sp³-hybridized carbons (Fsp3) is 0.200. The van der Waals surface area contributed by atoms with E-state index in [4.69, 9.17) is 0 Å². The van der Waals surface area contributed by atoms with Crippen LogP contribution in [-0.4, -0.2) is 23.6 Å². The Balaban J connectivity index is 1.82. The Hall–Kier alpha value is -2.74. The predicted molar refractivity (Wildman–Crippen MR) is 91.1 cm³/mol. The van der Waals surface area contributed by atoms with Crippen LogP contribution in [0.4, 0.5) is 10.7 Å². The summed E-state index contributed by atoms with van der Waals surface area (Å²) in [4.78, 5) is 22.4. The van der Waals surface area contributed by atoms with Crippen molar-refractivity contribution in [2.24, 2.45) is 5.10 Å². The smallest absolute Gasteiger partial charge is 0.324 e. The van der Waals surface area contributed by atoms with Crippen molar-refractivity contribution >= 4 is 34.1 Å². The van der Waals surface area contributed by atoms with Gasteiger partial charge in [-0.2, -0.15) is 5.10 Å². The molecule has 1 amide bonds. The lowest BCUT2D eigenvalue weighted by Crippen LogP contribution is -2.26. The van der Waals surface area contributed by atoms with Crippen LogP contribution < -0.4 is 10.7 Å². The number of amides is 1. The van der Waals surface area contributed by atoms with Gasteiger partial charge in [0.2, 0.25) is 0 Å². The van der Waals surface area contributed by atoms with Gasteiger partial charge in [0.05, 0.1) is 22.6 Å². The second-order valence-electron chi connectivity index (χ2n) is 4.90. The lowest BCUT2D eigenvalue weighted by molar-refractivity contribution is -0.380. The summed E-state index contributed by atoms with van der Waals surface area (Å²) in [7, 11) is 0.